The third-order valence-electron chi connectivity index (χ3n) is 8.11. The molecule has 1 aliphatic carbocycles. The Morgan fingerprint density at radius 3 is 2.21 bits per heavy atom. The molecule has 1 fully saturated rings. The zero-order valence-electron chi connectivity index (χ0n) is 23.4. The molecule has 43 heavy (non-hydrogen) atoms. The summed E-state index contributed by atoms with van der Waals surface area (Å²) in [5, 5.41) is 15.8. The fourth-order valence-corrected chi connectivity index (χ4v) is 6.06. The molecule has 8 nitrogen and oxygen atoms in total. The minimum absolute atomic E-state index is 0.114. The van der Waals surface area contributed by atoms with Crippen LogP contribution >= 0.6 is 0 Å². The number of hydrogen-bond acceptors (Lipinski definition) is 7. The minimum Gasteiger partial charge on any atom is -0.492 e. The van der Waals surface area contributed by atoms with Gasteiger partial charge in [0.1, 0.15) is 11.4 Å². The monoisotopic (exact) mass is 607 g/mol. The summed E-state index contributed by atoms with van der Waals surface area (Å²) in [5.41, 5.74) is -2.27. The lowest BCUT2D eigenvalue weighted by Gasteiger charge is -2.44. The van der Waals surface area contributed by atoms with Gasteiger partial charge in [-0.25, -0.2) is 13.6 Å². The summed E-state index contributed by atoms with van der Waals surface area (Å²) < 4.78 is 87.6. The van der Waals surface area contributed by atoms with Crippen LogP contribution in [0.3, 0.4) is 0 Å². The molecular weight excluding hydrogens is 577 g/mol. The van der Waals surface area contributed by atoms with Crippen LogP contribution in [0.15, 0.2) is 42.5 Å². The van der Waals surface area contributed by atoms with Crippen molar-refractivity contribution < 1.29 is 46.1 Å². The van der Waals surface area contributed by atoms with Gasteiger partial charge in [-0.15, -0.1) is 0 Å². The number of carboxylic acid groups (broad SMARTS) is 1. The molecule has 2 aromatic carbocycles. The summed E-state index contributed by atoms with van der Waals surface area (Å²) in [7, 11) is 2.82. The van der Waals surface area contributed by atoms with E-state index in [1.54, 1.807) is 12.1 Å². The highest BCUT2D eigenvalue weighted by Gasteiger charge is 2.51. The highest BCUT2D eigenvalue weighted by Crippen LogP contribution is 2.51. The van der Waals surface area contributed by atoms with Crippen LogP contribution in [0.5, 0.6) is 17.5 Å². The van der Waals surface area contributed by atoms with Gasteiger partial charge in [-0.05, 0) is 43.0 Å². The van der Waals surface area contributed by atoms with Crippen molar-refractivity contribution in [1.29, 1.82) is 0 Å². The van der Waals surface area contributed by atoms with E-state index in [2.05, 4.69) is 15.6 Å². The molecule has 5 rings (SSSR count). The van der Waals surface area contributed by atoms with Crippen LogP contribution in [0.1, 0.15) is 53.6 Å². The number of aromatic nitrogens is 1. The number of nitrogens with zero attached hydrogens (tertiary/aromatic N) is 1. The lowest BCUT2D eigenvalue weighted by atomic mass is 9.72. The summed E-state index contributed by atoms with van der Waals surface area (Å²) in [5.74, 6) is -4.61. The van der Waals surface area contributed by atoms with Gasteiger partial charge in [0.15, 0.2) is 11.6 Å². The SMILES string of the molecule is COc1ccc(C2(C(COc3ccc(C(=O)O)cc3C(F)(F)F)C3CCCCC3)Nc3cc(F)c(F)cc3N2)c(OC)n1. The molecule has 1 unspecified atom stereocenters. The number of ether oxygens (including phenoxy) is 3. The van der Waals surface area contributed by atoms with Crippen molar-refractivity contribution in [2.24, 2.45) is 11.8 Å². The number of rotatable bonds is 9. The lowest BCUT2D eigenvalue weighted by Crippen LogP contribution is -2.52. The molecule has 13 heteroatoms. The van der Waals surface area contributed by atoms with E-state index in [9.17, 15) is 31.9 Å². The Kier molecular flexibility index (Phi) is 8.26. The van der Waals surface area contributed by atoms with Crippen molar-refractivity contribution in [1.82, 2.24) is 4.98 Å². The Morgan fingerprint density at radius 2 is 1.65 bits per heavy atom. The van der Waals surface area contributed by atoms with E-state index in [-0.39, 0.29) is 35.7 Å². The maximum Gasteiger partial charge on any atom is 0.419 e. The van der Waals surface area contributed by atoms with Gasteiger partial charge in [0, 0.05) is 24.1 Å². The van der Waals surface area contributed by atoms with Gasteiger partial charge in [0.25, 0.3) is 0 Å². The molecule has 2 aliphatic rings. The third kappa shape index (κ3) is 5.84. The fourth-order valence-electron chi connectivity index (χ4n) is 6.06. The van der Waals surface area contributed by atoms with Gasteiger partial charge in [-0.2, -0.15) is 18.2 Å². The van der Waals surface area contributed by atoms with Crippen LogP contribution in [0.2, 0.25) is 0 Å². The average Bonchev–Trinajstić information content (AvgIpc) is 3.35. The molecule has 3 N–H and O–H groups in total. The molecule has 0 radical (unpaired) electrons. The van der Waals surface area contributed by atoms with Crippen LogP contribution in [0.4, 0.5) is 33.3 Å². The molecule has 0 bridgehead atoms. The second kappa shape index (κ2) is 11.8. The summed E-state index contributed by atoms with van der Waals surface area (Å²) in [6, 6.07) is 7.83. The molecule has 0 spiro atoms. The quantitative estimate of drug-likeness (QED) is 0.222. The van der Waals surface area contributed by atoms with Crippen LogP contribution in [-0.4, -0.2) is 36.9 Å². The summed E-state index contributed by atoms with van der Waals surface area (Å²) in [4.78, 5) is 15.8. The summed E-state index contributed by atoms with van der Waals surface area (Å²) >= 11 is 0. The maximum absolute atomic E-state index is 14.4. The number of nitrogens with one attached hydrogen (secondary N) is 2. The number of fused-ring (bicyclic) bond motifs is 1. The molecular formula is C30H30F5N3O5. The second-order valence-electron chi connectivity index (χ2n) is 10.6. The molecule has 0 saturated heterocycles. The zero-order valence-corrected chi connectivity index (χ0v) is 23.4. The molecule has 1 saturated carbocycles. The standard InChI is InChI=1S/C30H30F5N3O5/c1-41-26-11-9-18(27(36-26)42-2)29(37-23-13-21(31)22(32)14-24(23)38-29)20(16-6-4-3-5-7-16)15-43-25-10-8-17(28(39)40)12-19(25)30(33,34)35/h8-14,16,20,37-38H,3-7,15H2,1-2H3,(H,39,40). The smallest absolute Gasteiger partial charge is 0.419 e. The average molecular weight is 608 g/mol. The van der Waals surface area contributed by atoms with Crippen molar-refractivity contribution >= 4 is 17.3 Å². The van der Waals surface area contributed by atoms with Gasteiger partial charge in [0.2, 0.25) is 11.8 Å². The van der Waals surface area contributed by atoms with E-state index in [1.165, 1.54) is 14.2 Å². The van der Waals surface area contributed by atoms with E-state index < -0.39 is 52.2 Å². The first-order valence-corrected chi connectivity index (χ1v) is 13.7. The summed E-state index contributed by atoms with van der Waals surface area (Å²) in [6.45, 7) is -0.283. The van der Waals surface area contributed by atoms with Gasteiger partial charge < -0.3 is 30.0 Å². The van der Waals surface area contributed by atoms with Crippen molar-refractivity contribution in [2.45, 2.75) is 43.9 Å². The van der Waals surface area contributed by atoms with Gasteiger partial charge in [-0.1, -0.05) is 19.3 Å². The second-order valence-corrected chi connectivity index (χ2v) is 10.6. The predicted molar refractivity (Wildman–Crippen MR) is 147 cm³/mol. The Labute approximate surface area is 244 Å². The Bertz CT molecular complexity index is 1480. The largest absolute Gasteiger partial charge is 0.492 e. The Balaban J connectivity index is 1.64. The Hall–Kier alpha value is -4.29. The molecule has 2 heterocycles. The van der Waals surface area contributed by atoms with Crippen LogP contribution in [0.25, 0.3) is 0 Å². The third-order valence-corrected chi connectivity index (χ3v) is 8.11. The van der Waals surface area contributed by atoms with Gasteiger partial charge in [0.05, 0.1) is 48.9 Å². The number of alkyl halides is 3. The topological polar surface area (TPSA) is 102 Å². The van der Waals surface area contributed by atoms with Gasteiger partial charge >= 0.3 is 12.1 Å². The maximum atomic E-state index is 14.4. The van der Waals surface area contributed by atoms with Crippen LogP contribution in [0, 0.1) is 23.5 Å². The van der Waals surface area contributed by atoms with Crippen LogP contribution in [-0.2, 0) is 11.8 Å². The highest BCUT2D eigenvalue weighted by molar-refractivity contribution is 5.88. The van der Waals surface area contributed by atoms with Crippen molar-refractivity contribution in [3.05, 3.63) is 70.8 Å². The number of methoxy groups -OCH3 is 2. The number of hydrogen-bond donors (Lipinski definition) is 3. The number of pyridine rings is 1. The number of carboxylic acids is 1. The predicted octanol–water partition coefficient (Wildman–Crippen LogP) is 7.06. The first-order chi connectivity index (χ1) is 20.5. The summed E-state index contributed by atoms with van der Waals surface area (Å²) in [6.07, 6.45) is -0.741. The molecule has 1 atom stereocenters. The van der Waals surface area contributed by atoms with Crippen molar-refractivity contribution in [2.75, 3.05) is 31.5 Å². The normalized spacial score (nSPS) is 16.9. The van der Waals surface area contributed by atoms with Gasteiger partial charge in [-0.3, -0.25) is 0 Å². The number of carbonyl (C=O) groups is 1. The lowest BCUT2D eigenvalue weighted by molar-refractivity contribution is -0.139. The van der Waals surface area contributed by atoms with Crippen LogP contribution < -0.4 is 24.8 Å². The van der Waals surface area contributed by atoms with Crippen molar-refractivity contribution in [3.63, 3.8) is 0 Å². The fraction of sp³-hybridized carbons (Fsp3) is 0.400. The molecule has 1 aromatic heterocycles. The first kappa shape index (κ1) is 30.2. The molecule has 230 valence electrons. The number of aromatic carboxylic acids is 1. The van der Waals surface area contributed by atoms with E-state index in [0.29, 0.717) is 24.5 Å². The van der Waals surface area contributed by atoms with E-state index in [1.807, 2.05) is 0 Å². The number of benzene rings is 2. The minimum atomic E-state index is -4.89. The van der Waals surface area contributed by atoms with E-state index >= 15 is 0 Å². The highest BCUT2D eigenvalue weighted by atomic mass is 19.4. The van der Waals surface area contributed by atoms with Crippen molar-refractivity contribution in [3.8, 4) is 17.5 Å². The van der Waals surface area contributed by atoms with E-state index in [0.717, 1.165) is 43.5 Å². The van der Waals surface area contributed by atoms with E-state index in [4.69, 9.17) is 14.2 Å². The molecule has 0 amide bonds. The zero-order chi connectivity index (χ0) is 30.9. The number of anilines is 2. The molecule has 3 aromatic rings. The first-order valence-electron chi connectivity index (χ1n) is 13.7. The number of halogens is 5. The molecule has 1 aliphatic heterocycles. The Morgan fingerprint density at radius 1 is 1.00 bits per heavy atom.